The first-order chi connectivity index (χ1) is 12.2. The van der Waals surface area contributed by atoms with Crippen molar-refractivity contribution in [2.45, 2.75) is 30.8 Å². The molecule has 140 valence electrons. The summed E-state index contributed by atoms with van der Waals surface area (Å²) in [6.07, 6.45) is 0. The standard InChI is InChI=1S/C18H21ClN2O4S/c1-12(14-7-5-4-6-8-14)20-18(22)13(2)21-26(23,24)17-11-15(19)9-10-16(17)25-3/h4-13,21H,1-3H3,(H,20,22)/t12-,13+/m0/s1. The van der Waals surface area contributed by atoms with E-state index in [9.17, 15) is 13.2 Å². The van der Waals surface area contributed by atoms with Gasteiger partial charge in [0.25, 0.3) is 0 Å². The van der Waals surface area contributed by atoms with E-state index in [0.29, 0.717) is 0 Å². The summed E-state index contributed by atoms with van der Waals surface area (Å²) in [7, 11) is -2.63. The fourth-order valence-electron chi connectivity index (χ4n) is 2.37. The Bertz CT molecular complexity index is 872. The molecule has 0 fully saturated rings. The molecule has 26 heavy (non-hydrogen) atoms. The maximum atomic E-state index is 12.6. The summed E-state index contributed by atoms with van der Waals surface area (Å²) in [6, 6.07) is 12.4. The van der Waals surface area contributed by atoms with Crippen LogP contribution < -0.4 is 14.8 Å². The molecule has 6 nitrogen and oxygen atoms in total. The Kier molecular flexibility index (Phi) is 6.63. The van der Waals surface area contributed by atoms with Crippen LogP contribution in [0, 0.1) is 0 Å². The first-order valence-electron chi connectivity index (χ1n) is 7.96. The predicted molar refractivity (Wildman–Crippen MR) is 101 cm³/mol. The minimum Gasteiger partial charge on any atom is -0.495 e. The average molecular weight is 397 g/mol. The first kappa shape index (κ1) is 20.2. The maximum absolute atomic E-state index is 12.6. The number of hydrogen-bond donors (Lipinski definition) is 2. The highest BCUT2D eigenvalue weighted by atomic mass is 35.5. The van der Waals surface area contributed by atoms with Crippen LogP contribution in [-0.2, 0) is 14.8 Å². The fourth-order valence-corrected chi connectivity index (χ4v) is 4.01. The van der Waals surface area contributed by atoms with E-state index < -0.39 is 22.0 Å². The van der Waals surface area contributed by atoms with Crippen molar-refractivity contribution in [3.8, 4) is 5.75 Å². The molecule has 0 spiro atoms. The van der Waals surface area contributed by atoms with E-state index in [0.717, 1.165) is 5.56 Å². The zero-order chi connectivity index (χ0) is 19.3. The number of sulfonamides is 1. The van der Waals surface area contributed by atoms with Crippen LogP contribution in [0.4, 0.5) is 0 Å². The number of benzene rings is 2. The topological polar surface area (TPSA) is 84.5 Å². The fraction of sp³-hybridized carbons (Fsp3) is 0.278. The van der Waals surface area contributed by atoms with Gasteiger partial charge in [-0.15, -0.1) is 0 Å². The minimum atomic E-state index is -3.99. The van der Waals surface area contributed by atoms with Gasteiger partial charge in [0, 0.05) is 5.02 Å². The van der Waals surface area contributed by atoms with Crippen LogP contribution in [0.1, 0.15) is 25.5 Å². The molecular weight excluding hydrogens is 376 g/mol. The summed E-state index contributed by atoms with van der Waals surface area (Å²) in [5.41, 5.74) is 0.924. The molecule has 2 aromatic carbocycles. The largest absolute Gasteiger partial charge is 0.495 e. The Morgan fingerprint density at radius 3 is 2.38 bits per heavy atom. The van der Waals surface area contributed by atoms with Gasteiger partial charge in [-0.05, 0) is 37.6 Å². The summed E-state index contributed by atoms with van der Waals surface area (Å²) in [5.74, 6) is -0.293. The maximum Gasteiger partial charge on any atom is 0.245 e. The summed E-state index contributed by atoms with van der Waals surface area (Å²) in [4.78, 5) is 12.2. The van der Waals surface area contributed by atoms with Gasteiger partial charge < -0.3 is 10.1 Å². The van der Waals surface area contributed by atoms with Gasteiger partial charge in [-0.1, -0.05) is 41.9 Å². The molecule has 2 N–H and O–H groups in total. The molecule has 0 unspecified atom stereocenters. The Morgan fingerprint density at radius 1 is 1.12 bits per heavy atom. The van der Waals surface area contributed by atoms with Crippen molar-refractivity contribution in [1.29, 1.82) is 0 Å². The number of nitrogens with one attached hydrogen (secondary N) is 2. The summed E-state index contributed by atoms with van der Waals surface area (Å²) in [5, 5.41) is 3.04. The van der Waals surface area contributed by atoms with Crippen LogP contribution in [0.25, 0.3) is 0 Å². The normalized spacial score (nSPS) is 13.7. The lowest BCUT2D eigenvalue weighted by atomic mass is 10.1. The van der Waals surface area contributed by atoms with Crippen molar-refractivity contribution in [1.82, 2.24) is 10.0 Å². The molecule has 0 heterocycles. The molecule has 0 saturated heterocycles. The molecule has 0 aromatic heterocycles. The van der Waals surface area contributed by atoms with E-state index in [2.05, 4.69) is 10.0 Å². The Labute approximate surface area is 158 Å². The molecule has 0 aliphatic heterocycles. The van der Waals surface area contributed by atoms with Crippen molar-refractivity contribution in [2.75, 3.05) is 7.11 Å². The van der Waals surface area contributed by atoms with Crippen LogP contribution in [0.3, 0.4) is 0 Å². The van der Waals surface area contributed by atoms with Crippen LogP contribution in [-0.4, -0.2) is 27.5 Å². The van der Waals surface area contributed by atoms with Gasteiger partial charge in [0.15, 0.2) is 0 Å². The van der Waals surface area contributed by atoms with E-state index in [4.69, 9.17) is 16.3 Å². The molecular formula is C18H21ClN2O4S. The SMILES string of the molecule is COc1ccc(Cl)cc1S(=O)(=O)N[C@H](C)C(=O)N[C@@H](C)c1ccccc1. The molecule has 0 radical (unpaired) electrons. The third kappa shape index (κ3) is 4.97. The van der Waals surface area contributed by atoms with Crippen LogP contribution in [0.2, 0.25) is 5.02 Å². The van der Waals surface area contributed by atoms with E-state index in [1.807, 2.05) is 37.3 Å². The first-order valence-corrected chi connectivity index (χ1v) is 9.82. The zero-order valence-corrected chi connectivity index (χ0v) is 16.3. The van der Waals surface area contributed by atoms with Crippen LogP contribution >= 0.6 is 11.6 Å². The second kappa shape index (κ2) is 8.53. The Balaban J connectivity index is 2.11. The number of carbonyl (C=O) groups excluding carboxylic acids is 1. The van der Waals surface area contributed by atoms with Crippen molar-refractivity contribution < 1.29 is 17.9 Å². The lowest BCUT2D eigenvalue weighted by Crippen LogP contribution is -2.45. The van der Waals surface area contributed by atoms with E-state index in [1.54, 1.807) is 0 Å². The molecule has 2 rings (SSSR count). The number of methoxy groups -OCH3 is 1. The van der Waals surface area contributed by atoms with Crippen LogP contribution in [0.15, 0.2) is 53.4 Å². The molecule has 1 amide bonds. The van der Waals surface area contributed by atoms with E-state index in [1.165, 1.54) is 32.2 Å². The van der Waals surface area contributed by atoms with Crippen LogP contribution in [0.5, 0.6) is 5.75 Å². The molecule has 0 saturated carbocycles. The Morgan fingerprint density at radius 2 is 1.77 bits per heavy atom. The number of ether oxygens (including phenoxy) is 1. The second-order valence-corrected chi connectivity index (χ2v) is 7.90. The van der Waals surface area contributed by atoms with E-state index in [-0.39, 0.29) is 21.7 Å². The molecule has 0 bridgehead atoms. The minimum absolute atomic E-state index is 0.122. The van der Waals surface area contributed by atoms with Crippen molar-refractivity contribution >= 4 is 27.5 Å². The highest BCUT2D eigenvalue weighted by molar-refractivity contribution is 7.89. The number of hydrogen-bond acceptors (Lipinski definition) is 4. The monoisotopic (exact) mass is 396 g/mol. The summed E-state index contributed by atoms with van der Waals surface area (Å²) in [6.45, 7) is 3.30. The lowest BCUT2D eigenvalue weighted by Gasteiger charge is -2.19. The molecule has 8 heteroatoms. The number of amides is 1. The van der Waals surface area contributed by atoms with Gasteiger partial charge in [0.1, 0.15) is 10.6 Å². The Hall–Kier alpha value is -2.09. The lowest BCUT2D eigenvalue weighted by molar-refractivity contribution is -0.123. The van der Waals surface area contributed by atoms with Gasteiger partial charge in [0.05, 0.1) is 19.2 Å². The third-order valence-corrected chi connectivity index (χ3v) is 5.60. The number of carbonyl (C=O) groups is 1. The van der Waals surface area contributed by atoms with Crippen molar-refractivity contribution in [3.63, 3.8) is 0 Å². The van der Waals surface area contributed by atoms with Gasteiger partial charge in [-0.2, -0.15) is 4.72 Å². The van der Waals surface area contributed by atoms with Gasteiger partial charge >= 0.3 is 0 Å². The summed E-state index contributed by atoms with van der Waals surface area (Å²) < 4.78 is 32.6. The number of halogens is 1. The second-order valence-electron chi connectivity index (χ2n) is 5.78. The van der Waals surface area contributed by atoms with Crippen molar-refractivity contribution in [3.05, 3.63) is 59.1 Å². The highest BCUT2D eigenvalue weighted by Gasteiger charge is 2.26. The molecule has 2 aromatic rings. The van der Waals surface area contributed by atoms with E-state index >= 15 is 0 Å². The van der Waals surface area contributed by atoms with Crippen molar-refractivity contribution in [2.24, 2.45) is 0 Å². The highest BCUT2D eigenvalue weighted by Crippen LogP contribution is 2.27. The van der Waals surface area contributed by atoms with Gasteiger partial charge in [-0.3, -0.25) is 4.79 Å². The zero-order valence-electron chi connectivity index (χ0n) is 14.7. The smallest absolute Gasteiger partial charge is 0.245 e. The quantitative estimate of drug-likeness (QED) is 0.753. The van der Waals surface area contributed by atoms with Gasteiger partial charge in [-0.25, -0.2) is 8.42 Å². The molecule has 2 atom stereocenters. The van der Waals surface area contributed by atoms with Gasteiger partial charge in [0.2, 0.25) is 15.9 Å². The molecule has 0 aliphatic rings. The predicted octanol–water partition coefficient (Wildman–Crippen LogP) is 2.89. The third-order valence-electron chi connectivity index (χ3n) is 3.80. The number of rotatable bonds is 7. The summed E-state index contributed by atoms with van der Waals surface area (Å²) >= 11 is 5.89. The molecule has 0 aliphatic carbocycles. The average Bonchev–Trinajstić information content (AvgIpc) is 2.62.